The van der Waals surface area contributed by atoms with Gasteiger partial charge in [0, 0.05) is 68.1 Å². The SMILES string of the molecule is Cc1c(C)c2cc(Cl)c(OCC(=O)N3CCN(CCc4ccccn4)CC3)cc2oc1=O. The van der Waals surface area contributed by atoms with Gasteiger partial charge in [-0.3, -0.25) is 14.7 Å². The number of pyridine rings is 1. The highest BCUT2D eigenvalue weighted by atomic mass is 35.5. The molecule has 3 heterocycles. The normalized spacial score (nSPS) is 14.7. The summed E-state index contributed by atoms with van der Waals surface area (Å²) in [7, 11) is 0. The Morgan fingerprint density at radius 3 is 2.66 bits per heavy atom. The molecule has 4 rings (SSSR count). The van der Waals surface area contributed by atoms with Crippen molar-refractivity contribution in [3.05, 3.63) is 68.8 Å². The van der Waals surface area contributed by atoms with Crippen molar-refractivity contribution < 1.29 is 13.9 Å². The van der Waals surface area contributed by atoms with E-state index in [-0.39, 0.29) is 18.1 Å². The number of benzene rings is 1. The molecule has 0 atom stereocenters. The van der Waals surface area contributed by atoms with Gasteiger partial charge < -0.3 is 14.1 Å². The number of fused-ring (bicyclic) bond motifs is 1. The van der Waals surface area contributed by atoms with E-state index in [0.717, 1.165) is 42.7 Å². The number of ether oxygens (including phenoxy) is 1. The molecule has 2 aromatic heterocycles. The molecule has 1 fully saturated rings. The molecular weight excluding hydrogens is 430 g/mol. The highest BCUT2D eigenvalue weighted by Crippen LogP contribution is 2.31. The van der Waals surface area contributed by atoms with E-state index in [4.69, 9.17) is 20.8 Å². The number of hydrogen-bond acceptors (Lipinski definition) is 6. The summed E-state index contributed by atoms with van der Waals surface area (Å²) in [6.45, 7) is 7.33. The maximum Gasteiger partial charge on any atom is 0.339 e. The van der Waals surface area contributed by atoms with Crippen LogP contribution in [0.1, 0.15) is 16.8 Å². The van der Waals surface area contributed by atoms with Crippen molar-refractivity contribution in [2.45, 2.75) is 20.3 Å². The van der Waals surface area contributed by atoms with Crippen LogP contribution in [-0.2, 0) is 11.2 Å². The second kappa shape index (κ2) is 9.71. The van der Waals surface area contributed by atoms with Crippen LogP contribution >= 0.6 is 11.6 Å². The molecule has 1 amide bonds. The summed E-state index contributed by atoms with van der Waals surface area (Å²) >= 11 is 6.36. The van der Waals surface area contributed by atoms with Crippen molar-refractivity contribution in [1.29, 1.82) is 0 Å². The van der Waals surface area contributed by atoms with Crippen LogP contribution in [0.25, 0.3) is 11.0 Å². The first-order valence-electron chi connectivity index (χ1n) is 10.7. The summed E-state index contributed by atoms with van der Waals surface area (Å²) in [5, 5.41) is 1.13. The molecule has 1 saturated heterocycles. The molecule has 3 aromatic rings. The van der Waals surface area contributed by atoms with Gasteiger partial charge in [0.25, 0.3) is 5.91 Å². The van der Waals surface area contributed by atoms with Gasteiger partial charge in [-0.15, -0.1) is 0 Å². The number of aryl methyl sites for hydroxylation is 1. The van der Waals surface area contributed by atoms with Crippen LogP contribution in [0, 0.1) is 13.8 Å². The predicted octanol–water partition coefficient (Wildman–Crippen LogP) is 3.22. The molecule has 1 aromatic carbocycles. The minimum Gasteiger partial charge on any atom is -0.482 e. The minimum atomic E-state index is -0.389. The Morgan fingerprint density at radius 2 is 1.94 bits per heavy atom. The lowest BCUT2D eigenvalue weighted by atomic mass is 10.1. The van der Waals surface area contributed by atoms with Crippen molar-refractivity contribution in [2.75, 3.05) is 39.3 Å². The summed E-state index contributed by atoms with van der Waals surface area (Å²) in [6, 6.07) is 9.23. The van der Waals surface area contributed by atoms with Crippen molar-refractivity contribution in [3.8, 4) is 5.75 Å². The van der Waals surface area contributed by atoms with E-state index in [1.54, 1.807) is 24.0 Å². The van der Waals surface area contributed by atoms with Gasteiger partial charge in [0.1, 0.15) is 11.3 Å². The number of halogens is 1. The van der Waals surface area contributed by atoms with Crippen molar-refractivity contribution in [1.82, 2.24) is 14.8 Å². The second-order valence-electron chi connectivity index (χ2n) is 8.00. The molecule has 0 spiro atoms. The first-order valence-corrected chi connectivity index (χ1v) is 11.1. The second-order valence-corrected chi connectivity index (χ2v) is 8.41. The van der Waals surface area contributed by atoms with Gasteiger partial charge in [-0.25, -0.2) is 4.79 Å². The number of piperazine rings is 1. The fraction of sp³-hybridized carbons (Fsp3) is 0.375. The molecule has 0 unspecified atom stereocenters. The molecule has 7 nitrogen and oxygen atoms in total. The Kier molecular flexibility index (Phi) is 6.77. The molecule has 0 N–H and O–H groups in total. The number of carbonyl (C=O) groups excluding carboxylic acids is 1. The lowest BCUT2D eigenvalue weighted by Crippen LogP contribution is -2.50. The monoisotopic (exact) mass is 455 g/mol. The van der Waals surface area contributed by atoms with Crippen LogP contribution in [0.3, 0.4) is 0 Å². The Balaban J connectivity index is 1.31. The van der Waals surface area contributed by atoms with Gasteiger partial charge in [-0.05, 0) is 37.6 Å². The zero-order valence-corrected chi connectivity index (χ0v) is 19.0. The molecule has 0 aliphatic carbocycles. The Labute approximate surface area is 191 Å². The highest BCUT2D eigenvalue weighted by Gasteiger charge is 2.22. The molecule has 0 radical (unpaired) electrons. The number of aromatic nitrogens is 1. The van der Waals surface area contributed by atoms with E-state index in [0.29, 0.717) is 35.0 Å². The fourth-order valence-electron chi connectivity index (χ4n) is 3.82. The van der Waals surface area contributed by atoms with E-state index in [1.807, 2.05) is 31.3 Å². The number of hydrogen-bond donors (Lipinski definition) is 0. The van der Waals surface area contributed by atoms with Crippen molar-refractivity contribution in [2.24, 2.45) is 0 Å². The molecule has 8 heteroatoms. The number of nitrogens with zero attached hydrogens (tertiary/aromatic N) is 3. The van der Waals surface area contributed by atoms with Gasteiger partial charge in [0.2, 0.25) is 0 Å². The molecule has 168 valence electrons. The maximum atomic E-state index is 12.6. The number of rotatable bonds is 6. The van der Waals surface area contributed by atoms with Crippen LogP contribution in [0.15, 0.2) is 45.7 Å². The minimum absolute atomic E-state index is 0.0907. The van der Waals surface area contributed by atoms with Crippen molar-refractivity contribution >= 4 is 28.5 Å². The summed E-state index contributed by atoms with van der Waals surface area (Å²) in [5.74, 6) is 0.236. The fourth-order valence-corrected chi connectivity index (χ4v) is 4.04. The molecule has 0 bridgehead atoms. The third-order valence-corrected chi connectivity index (χ3v) is 6.29. The smallest absolute Gasteiger partial charge is 0.339 e. The van der Waals surface area contributed by atoms with E-state index in [9.17, 15) is 9.59 Å². The summed E-state index contributed by atoms with van der Waals surface area (Å²) in [4.78, 5) is 33.1. The molecular formula is C24H26ClN3O4. The Hall–Kier alpha value is -2.90. The Morgan fingerprint density at radius 1 is 1.16 bits per heavy atom. The van der Waals surface area contributed by atoms with E-state index >= 15 is 0 Å². The summed E-state index contributed by atoms with van der Waals surface area (Å²) in [5.41, 5.74) is 2.46. The standard InChI is InChI=1S/C24H26ClN3O4/c1-16-17(2)24(30)32-21-14-22(20(25)13-19(16)21)31-15-23(29)28-11-9-27(10-12-28)8-6-18-5-3-4-7-26-18/h3-5,7,13-14H,6,8-12,15H2,1-2H3. The van der Waals surface area contributed by atoms with Crippen LogP contribution in [0.5, 0.6) is 5.75 Å². The van der Waals surface area contributed by atoms with Gasteiger partial charge in [-0.2, -0.15) is 0 Å². The van der Waals surface area contributed by atoms with Gasteiger partial charge >= 0.3 is 5.63 Å². The van der Waals surface area contributed by atoms with Crippen LogP contribution < -0.4 is 10.4 Å². The van der Waals surface area contributed by atoms with Gasteiger partial charge in [-0.1, -0.05) is 17.7 Å². The number of amides is 1. The average molecular weight is 456 g/mol. The molecule has 1 aliphatic rings. The Bertz CT molecular complexity index is 1170. The van der Waals surface area contributed by atoms with Crippen LogP contribution in [-0.4, -0.2) is 60.0 Å². The molecule has 32 heavy (non-hydrogen) atoms. The zero-order valence-electron chi connectivity index (χ0n) is 18.3. The van der Waals surface area contributed by atoms with Crippen LogP contribution in [0.2, 0.25) is 5.02 Å². The van der Waals surface area contributed by atoms with Crippen molar-refractivity contribution in [3.63, 3.8) is 0 Å². The summed E-state index contributed by atoms with van der Waals surface area (Å²) in [6.07, 6.45) is 2.71. The third-order valence-electron chi connectivity index (χ3n) is 6.00. The van der Waals surface area contributed by atoms with Crippen LogP contribution in [0.4, 0.5) is 0 Å². The largest absolute Gasteiger partial charge is 0.482 e. The average Bonchev–Trinajstić information content (AvgIpc) is 2.81. The first kappa shape index (κ1) is 22.3. The molecule has 1 aliphatic heterocycles. The zero-order chi connectivity index (χ0) is 22.7. The third kappa shape index (κ3) is 4.95. The topological polar surface area (TPSA) is 75.9 Å². The number of carbonyl (C=O) groups is 1. The van der Waals surface area contributed by atoms with E-state index in [2.05, 4.69) is 9.88 Å². The lowest BCUT2D eigenvalue weighted by Gasteiger charge is -2.34. The maximum absolute atomic E-state index is 12.6. The first-order chi connectivity index (χ1) is 15.4. The highest BCUT2D eigenvalue weighted by molar-refractivity contribution is 6.32. The van der Waals surface area contributed by atoms with E-state index in [1.165, 1.54) is 0 Å². The van der Waals surface area contributed by atoms with Gasteiger partial charge in [0.05, 0.1) is 5.02 Å². The molecule has 0 saturated carbocycles. The van der Waals surface area contributed by atoms with E-state index < -0.39 is 0 Å². The van der Waals surface area contributed by atoms with Gasteiger partial charge in [0.15, 0.2) is 6.61 Å². The predicted molar refractivity (Wildman–Crippen MR) is 123 cm³/mol. The quantitative estimate of drug-likeness (QED) is 0.531. The summed E-state index contributed by atoms with van der Waals surface area (Å²) < 4.78 is 11.1. The lowest BCUT2D eigenvalue weighted by molar-refractivity contribution is -0.135.